The van der Waals surface area contributed by atoms with Gasteiger partial charge in [0.05, 0.1) is 0 Å². The molecule has 2 aliphatic carbocycles. The van der Waals surface area contributed by atoms with Crippen LogP contribution in [-0.2, 0) is 11.2 Å². The van der Waals surface area contributed by atoms with Crippen molar-refractivity contribution in [1.82, 2.24) is 5.32 Å². The second-order valence-electron chi connectivity index (χ2n) is 8.06. The number of carbonyl (C=O) groups excluding carboxylic acids is 2. The fraction of sp³-hybridized carbons (Fsp3) is 0.214. The number of amides is 1. The van der Waals surface area contributed by atoms with Crippen LogP contribution in [0.15, 0.2) is 66.7 Å². The number of benzene rings is 3. The van der Waals surface area contributed by atoms with Crippen LogP contribution in [0.5, 0.6) is 0 Å². The zero-order valence-electron chi connectivity index (χ0n) is 17.7. The molecule has 0 unspecified atom stereocenters. The van der Waals surface area contributed by atoms with Crippen LogP contribution in [-0.4, -0.2) is 25.0 Å². The molecule has 4 nitrogen and oxygen atoms in total. The third kappa shape index (κ3) is 3.78. The highest BCUT2D eigenvalue weighted by atomic mass is 16.5. The summed E-state index contributed by atoms with van der Waals surface area (Å²) in [6, 6.07) is 22.2. The fourth-order valence-electron chi connectivity index (χ4n) is 4.64. The molecule has 0 atom stereocenters. The molecule has 5 rings (SSSR count). The van der Waals surface area contributed by atoms with Crippen LogP contribution in [0.3, 0.4) is 0 Å². The van der Waals surface area contributed by atoms with Crippen molar-refractivity contribution in [2.24, 2.45) is 0 Å². The van der Waals surface area contributed by atoms with Crippen molar-refractivity contribution in [2.75, 3.05) is 13.2 Å². The Kier molecular flexibility index (Phi) is 5.47. The Bertz CT molecular complexity index is 1220. The van der Waals surface area contributed by atoms with E-state index in [9.17, 15) is 9.59 Å². The average Bonchev–Trinajstić information content (AvgIpc) is 3.36. The summed E-state index contributed by atoms with van der Waals surface area (Å²) in [6.07, 6.45) is 1.41. The van der Waals surface area contributed by atoms with E-state index in [-0.39, 0.29) is 11.7 Å². The third-order valence-electron chi connectivity index (χ3n) is 6.16. The van der Waals surface area contributed by atoms with E-state index in [1.165, 1.54) is 22.3 Å². The molecule has 0 fully saturated rings. The van der Waals surface area contributed by atoms with Crippen LogP contribution >= 0.6 is 0 Å². The first kappa shape index (κ1) is 20.1. The van der Waals surface area contributed by atoms with Crippen molar-refractivity contribution in [3.05, 3.63) is 94.5 Å². The molecular weight excluding hydrogens is 398 g/mol. The Morgan fingerprint density at radius 3 is 2.34 bits per heavy atom. The minimum absolute atomic E-state index is 0.0517. The molecule has 0 aliphatic heterocycles. The van der Waals surface area contributed by atoms with Gasteiger partial charge in [0.15, 0.2) is 5.78 Å². The monoisotopic (exact) mass is 421 g/mol. The smallest absolute Gasteiger partial charge is 0.407 e. The van der Waals surface area contributed by atoms with E-state index in [0.29, 0.717) is 26.0 Å². The van der Waals surface area contributed by atoms with E-state index in [2.05, 4.69) is 41.4 Å². The van der Waals surface area contributed by atoms with Gasteiger partial charge in [0.2, 0.25) is 0 Å². The lowest BCUT2D eigenvalue weighted by molar-refractivity contribution is 0.0994. The van der Waals surface area contributed by atoms with Crippen molar-refractivity contribution in [3.8, 4) is 23.0 Å². The largest absolute Gasteiger partial charge is 0.449 e. The molecule has 0 spiro atoms. The van der Waals surface area contributed by atoms with Crippen LogP contribution in [0, 0.1) is 11.8 Å². The van der Waals surface area contributed by atoms with Crippen molar-refractivity contribution in [2.45, 2.75) is 25.2 Å². The SMILES string of the molecule is O=C(NCCC#Cc1cccc2c1CCC2=O)OCC1c2ccccc2-c2ccccc21. The van der Waals surface area contributed by atoms with Crippen LogP contribution in [0.25, 0.3) is 11.1 Å². The lowest BCUT2D eigenvalue weighted by atomic mass is 9.98. The molecule has 0 radical (unpaired) electrons. The number of carbonyl (C=O) groups is 2. The zero-order valence-corrected chi connectivity index (χ0v) is 17.7. The molecule has 4 heteroatoms. The Morgan fingerprint density at radius 2 is 1.59 bits per heavy atom. The predicted octanol–water partition coefficient (Wildman–Crippen LogP) is 5.10. The van der Waals surface area contributed by atoms with Gasteiger partial charge in [-0.15, -0.1) is 0 Å². The van der Waals surface area contributed by atoms with Crippen LogP contribution in [0.2, 0.25) is 0 Å². The van der Waals surface area contributed by atoms with Gasteiger partial charge in [-0.05, 0) is 40.3 Å². The number of hydrogen-bond acceptors (Lipinski definition) is 3. The molecule has 1 amide bonds. The minimum atomic E-state index is -0.431. The Hall–Kier alpha value is -3.84. The van der Waals surface area contributed by atoms with Crippen molar-refractivity contribution < 1.29 is 14.3 Å². The highest BCUT2D eigenvalue weighted by molar-refractivity contribution is 6.01. The second-order valence-corrected chi connectivity index (χ2v) is 8.06. The average molecular weight is 421 g/mol. The maximum absolute atomic E-state index is 12.2. The maximum atomic E-state index is 12.2. The summed E-state index contributed by atoms with van der Waals surface area (Å²) in [5.74, 6) is 6.48. The summed E-state index contributed by atoms with van der Waals surface area (Å²) in [7, 11) is 0. The Balaban J connectivity index is 1.14. The minimum Gasteiger partial charge on any atom is -0.449 e. The molecule has 3 aromatic carbocycles. The number of fused-ring (bicyclic) bond motifs is 4. The Morgan fingerprint density at radius 1 is 0.906 bits per heavy atom. The lowest BCUT2D eigenvalue weighted by Gasteiger charge is -2.14. The van der Waals surface area contributed by atoms with Gasteiger partial charge in [0, 0.05) is 36.4 Å². The predicted molar refractivity (Wildman–Crippen MR) is 124 cm³/mol. The number of ether oxygens (including phenoxy) is 1. The molecule has 1 N–H and O–H groups in total. The van der Waals surface area contributed by atoms with E-state index in [4.69, 9.17) is 4.74 Å². The van der Waals surface area contributed by atoms with Crippen LogP contribution < -0.4 is 5.32 Å². The van der Waals surface area contributed by atoms with Gasteiger partial charge < -0.3 is 10.1 Å². The number of alkyl carbamates (subject to hydrolysis) is 1. The molecule has 0 bridgehead atoms. The van der Waals surface area contributed by atoms with E-state index in [0.717, 1.165) is 23.1 Å². The molecule has 3 aromatic rings. The number of ketones is 1. The molecule has 0 aromatic heterocycles. The molecule has 32 heavy (non-hydrogen) atoms. The maximum Gasteiger partial charge on any atom is 0.407 e. The highest BCUT2D eigenvalue weighted by Crippen LogP contribution is 2.44. The molecule has 158 valence electrons. The fourth-order valence-corrected chi connectivity index (χ4v) is 4.64. The molecule has 2 aliphatic rings. The highest BCUT2D eigenvalue weighted by Gasteiger charge is 2.28. The summed E-state index contributed by atoms with van der Waals surface area (Å²) >= 11 is 0. The molecule has 0 saturated carbocycles. The second kappa shape index (κ2) is 8.72. The lowest BCUT2D eigenvalue weighted by Crippen LogP contribution is -2.26. The molecule has 0 heterocycles. The normalized spacial score (nSPS) is 13.6. The van der Waals surface area contributed by atoms with Gasteiger partial charge in [0.1, 0.15) is 6.61 Å². The summed E-state index contributed by atoms with van der Waals surface area (Å²) in [6.45, 7) is 0.716. The van der Waals surface area contributed by atoms with E-state index in [1.807, 2.05) is 42.5 Å². The molecular formula is C28H23NO3. The first-order chi connectivity index (χ1) is 15.7. The number of nitrogens with one attached hydrogen (secondary N) is 1. The summed E-state index contributed by atoms with van der Waals surface area (Å²) in [5, 5.41) is 2.78. The summed E-state index contributed by atoms with van der Waals surface area (Å²) in [5.41, 5.74) is 7.57. The molecule has 0 saturated heterocycles. The summed E-state index contributed by atoms with van der Waals surface area (Å²) < 4.78 is 5.54. The third-order valence-corrected chi connectivity index (χ3v) is 6.16. The standard InChI is InChI=1S/C28H23NO3/c30-27-16-15-20-19(9-7-14-25(20)27)8-5-6-17-29-28(31)32-18-26-23-12-3-1-10-21(23)22-11-2-4-13-24(22)26/h1-4,7,9-14,26H,6,15-18H2,(H,29,31). The van der Waals surface area contributed by atoms with Gasteiger partial charge in [-0.1, -0.05) is 72.5 Å². The summed E-state index contributed by atoms with van der Waals surface area (Å²) in [4.78, 5) is 24.1. The van der Waals surface area contributed by atoms with Crippen molar-refractivity contribution in [3.63, 3.8) is 0 Å². The van der Waals surface area contributed by atoms with Crippen molar-refractivity contribution >= 4 is 11.9 Å². The number of hydrogen-bond donors (Lipinski definition) is 1. The van der Waals surface area contributed by atoms with Gasteiger partial charge >= 0.3 is 6.09 Å². The first-order valence-electron chi connectivity index (χ1n) is 10.9. The number of rotatable bonds is 4. The van der Waals surface area contributed by atoms with E-state index < -0.39 is 6.09 Å². The van der Waals surface area contributed by atoms with Gasteiger partial charge in [-0.25, -0.2) is 4.79 Å². The van der Waals surface area contributed by atoms with Crippen molar-refractivity contribution in [1.29, 1.82) is 0 Å². The number of Topliss-reactive ketones (excluding diaryl/α,β-unsaturated/α-hetero) is 1. The topological polar surface area (TPSA) is 55.4 Å². The van der Waals surface area contributed by atoms with E-state index in [1.54, 1.807) is 0 Å². The van der Waals surface area contributed by atoms with E-state index >= 15 is 0 Å². The van der Waals surface area contributed by atoms with Gasteiger partial charge in [-0.2, -0.15) is 0 Å². The quantitative estimate of drug-likeness (QED) is 0.471. The Labute approximate surface area is 187 Å². The van der Waals surface area contributed by atoms with Crippen LogP contribution in [0.4, 0.5) is 4.79 Å². The zero-order chi connectivity index (χ0) is 21.9. The van der Waals surface area contributed by atoms with Crippen LogP contribution in [0.1, 0.15) is 51.4 Å². The first-order valence-corrected chi connectivity index (χ1v) is 10.9. The van der Waals surface area contributed by atoms with Gasteiger partial charge in [-0.3, -0.25) is 4.79 Å². The van der Waals surface area contributed by atoms with Gasteiger partial charge in [0.25, 0.3) is 0 Å².